The van der Waals surface area contributed by atoms with E-state index in [0.29, 0.717) is 6.04 Å². The Morgan fingerprint density at radius 3 is 3.00 bits per heavy atom. The second-order valence-corrected chi connectivity index (χ2v) is 4.86. The van der Waals surface area contributed by atoms with Crippen molar-refractivity contribution in [3.63, 3.8) is 0 Å². The summed E-state index contributed by atoms with van der Waals surface area (Å²) in [5.74, 6) is 0. The van der Waals surface area contributed by atoms with Crippen molar-refractivity contribution in [1.82, 2.24) is 19.5 Å². The highest BCUT2D eigenvalue weighted by Gasteiger charge is 2.21. The van der Waals surface area contributed by atoms with Crippen LogP contribution in [-0.4, -0.2) is 20.7 Å². The third-order valence-corrected chi connectivity index (χ3v) is 3.61. The van der Waals surface area contributed by atoms with E-state index in [0.717, 1.165) is 36.5 Å². The van der Waals surface area contributed by atoms with Gasteiger partial charge in [0.2, 0.25) is 0 Å². The van der Waals surface area contributed by atoms with Gasteiger partial charge in [0.15, 0.2) is 0 Å². The Balaban J connectivity index is 2.27. The molecule has 1 atom stereocenters. The van der Waals surface area contributed by atoms with Gasteiger partial charge in [-0.3, -0.25) is 4.79 Å². The van der Waals surface area contributed by atoms with E-state index in [1.807, 2.05) is 13.0 Å². The molecular formula is C13H18N4O. The van der Waals surface area contributed by atoms with Gasteiger partial charge in [-0.05, 0) is 33.2 Å². The summed E-state index contributed by atoms with van der Waals surface area (Å²) in [6, 6.07) is 4.01. The molecule has 0 spiro atoms. The summed E-state index contributed by atoms with van der Waals surface area (Å²) in [5.41, 5.74) is 2.83. The molecule has 0 radical (unpaired) electrons. The van der Waals surface area contributed by atoms with E-state index in [2.05, 4.69) is 21.9 Å². The Bertz CT molecular complexity index is 634. The van der Waals surface area contributed by atoms with Crippen LogP contribution in [0.1, 0.15) is 37.2 Å². The molecule has 1 aliphatic heterocycles. The lowest BCUT2D eigenvalue weighted by molar-refractivity contribution is 0.567. The number of hydrogen-bond acceptors (Lipinski definition) is 3. The summed E-state index contributed by atoms with van der Waals surface area (Å²) in [6.45, 7) is 5.90. The zero-order chi connectivity index (χ0) is 12.7. The summed E-state index contributed by atoms with van der Waals surface area (Å²) in [5, 5.41) is 7.71. The van der Waals surface area contributed by atoms with Gasteiger partial charge in [-0.15, -0.1) is 0 Å². The van der Waals surface area contributed by atoms with E-state index >= 15 is 0 Å². The van der Waals surface area contributed by atoms with Crippen LogP contribution in [0.2, 0.25) is 0 Å². The lowest BCUT2D eigenvalue weighted by Crippen LogP contribution is -2.25. The average Bonchev–Trinajstić information content (AvgIpc) is 2.97. The van der Waals surface area contributed by atoms with E-state index in [9.17, 15) is 4.79 Å². The molecule has 96 valence electrons. The lowest BCUT2D eigenvalue weighted by Gasteiger charge is -2.18. The Morgan fingerprint density at radius 1 is 1.50 bits per heavy atom. The molecule has 18 heavy (non-hydrogen) atoms. The molecule has 5 heteroatoms. The molecule has 1 N–H and O–H groups in total. The quantitative estimate of drug-likeness (QED) is 0.867. The van der Waals surface area contributed by atoms with Gasteiger partial charge < -0.3 is 9.88 Å². The normalized spacial score (nSPS) is 19.8. The number of aryl methyl sites for hydroxylation is 2. The van der Waals surface area contributed by atoms with Crippen molar-refractivity contribution in [3.8, 4) is 0 Å². The van der Waals surface area contributed by atoms with Crippen LogP contribution in [-0.2, 0) is 6.54 Å². The minimum Gasteiger partial charge on any atom is -0.328 e. The van der Waals surface area contributed by atoms with Crippen LogP contribution < -0.4 is 10.9 Å². The largest absolute Gasteiger partial charge is 0.328 e. The summed E-state index contributed by atoms with van der Waals surface area (Å²) >= 11 is 0. The first-order valence-electron chi connectivity index (χ1n) is 6.54. The zero-order valence-corrected chi connectivity index (χ0v) is 10.8. The van der Waals surface area contributed by atoms with E-state index in [-0.39, 0.29) is 5.56 Å². The fourth-order valence-corrected chi connectivity index (χ4v) is 2.81. The number of fused-ring (bicyclic) bond motifs is 1. The minimum absolute atomic E-state index is 0.0356. The van der Waals surface area contributed by atoms with E-state index in [1.165, 1.54) is 10.9 Å². The molecule has 2 aromatic heterocycles. The van der Waals surface area contributed by atoms with Gasteiger partial charge in [0, 0.05) is 30.4 Å². The number of nitrogens with zero attached hydrogens (tertiary/aromatic N) is 3. The number of nitrogens with one attached hydrogen (secondary N) is 1. The standard InChI is InChI=1S/C13H18N4O/c1-3-16-11(10-5-4-6-14-10)8-13(18)17-12(16)7-9(2)15-17/h7-8,10,14H,3-6H2,1-2H3. The van der Waals surface area contributed by atoms with Gasteiger partial charge in [-0.1, -0.05) is 0 Å². The van der Waals surface area contributed by atoms with E-state index in [4.69, 9.17) is 0 Å². The smallest absolute Gasteiger partial charge is 0.274 e. The van der Waals surface area contributed by atoms with Crippen molar-refractivity contribution < 1.29 is 0 Å². The highest BCUT2D eigenvalue weighted by atomic mass is 16.1. The average molecular weight is 246 g/mol. The fourth-order valence-electron chi connectivity index (χ4n) is 2.81. The van der Waals surface area contributed by atoms with Gasteiger partial charge in [0.25, 0.3) is 5.56 Å². The maximum atomic E-state index is 12.1. The van der Waals surface area contributed by atoms with Gasteiger partial charge in [0.1, 0.15) is 5.65 Å². The summed E-state index contributed by atoms with van der Waals surface area (Å²) in [6.07, 6.45) is 2.27. The van der Waals surface area contributed by atoms with Crippen molar-refractivity contribution >= 4 is 5.65 Å². The van der Waals surface area contributed by atoms with E-state index < -0.39 is 0 Å². The van der Waals surface area contributed by atoms with Crippen LogP contribution in [0.15, 0.2) is 16.9 Å². The van der Waals surface area contributed by atoms with Crippen molar-refractivity contribution in [3.05, 3.63) is 33.9 Å². The molecule has 2 aromatic rings. The monoisotopic (exact) mass is 246 g/mol. The van der Waals surface area contributed by atoms with Crippen molar-refractivity contribution in [2.75, 3.05) is 6.54 Å². The first kappa shape index (κ1) is 11.5. The maximum absolute atomic E-state index is 12.1. The van der Waals surface area contributed by atoms with Crippen molar-refractivity contribution in [2.24, 2.45) is 0 Å². The van der Waals surface area contributed by atoms with Gasteiger partial charge in [-0.2, -0.15) is 9.61 Å². The highest BCUT2D eigenvalue weighted by molar-refractivity contribution is 5.42. The number of rotatable bonds is 2. The third kappa shape index (κ3) is 1.66. The third-order valence-electron chi connectivity index (χ3n) is 3.61. The second kappa shape index (κ2) is 4.24. The minimum atomic E-state index is -0.0356. The van der Waals surface area contributed by atoms with Crippen molar-refractivity contribution in [2.45, 2.75) is 39.3 Å². The van der Waals surface area contributed by atoms with Gasteiger partial charge in [0.05, 0.1) is 5.69 Å². The van der Waals surface area contributed by atoms with Crippen LogP contribution in [0, 0.1) is 6.92 Å². The summed E-state index contributed by atoms with van der Waals surface area (Å²) in [4.78, 5) is 12.1. The van der Waals surface area contributed by atoms with Gasteiger partial charge >= 0.3 is 0 Å². The number of aromatic nitrogens is 3. The number of hydrogen-bond donors (Lipinski definition) is 1. The SMILES string of the molecule is CCn1c(C2CCCN2)cc(=O)n2nc(C)cc12. The van der Waals surface area contributed by atoms with Crippen LogP contribution in [0.4, 0.5) is 0 Å². The highest BCUT2D eigenvalue weighted by Crippen LogP contribution is 2.23. The molecule has 0 saturated carbocycles. The molecule has 3 rings (SSSR count). The van der Waals surface area contributed by atoms with Crippen LogP contribution >= 0.6 is 0 Å². The predicted molar refractivity (Wildman–Crippen MR) is 69.8 cm³/mol. The van der Waals surface area contributed by atoms with E-state index in [1.54, 1.807) is 6.07 Å². The summed E-state index contributed by atoms with van der Waals surface area (Å²) < 4.78 is 3.68. The second-order valence-electron chi connectivity index (χ2n) is 4.86. The first-order valence-corrected chi connectivity index (χ1v) is 6.54. The molecule has 3 heterocycles. The molecule has 1 fully saturated rings. The Hall–Kier alpha value is -1.62. The molecule has 1 aliphatic rings. The fraction of sp³-hybridized carbons (Fsp3) is 0.538. The topological polar surface area (TPSA) is 51.3 Å². The first-order chi connectivity index (χ1) is 8.70. The Kier molecular flexibility index (Phi) is 2.70. The van der Waals surface area contributed by atoms with Crippen LogP contribution in [0.3, 0.4) is 0 Å². The van der Waals surface area contributed by atoms with Crippen molar-refractivity contribution in [1.29, 1.82) is 0 Å². The molecule has 1 saturated heterocycles. The Morgan fingerprint density at radius 2 is 2.33 bits per heavy atom. The molecule has 1 unspecified atom stereocenters. The van der Waals surface area contributed by atoms with Gasteiger partial charge in [-0.25, -0.2) is 0 Å². The lowest BCUT2D eigenvalue weighted by atomic mass is 10.1. The molecule has 0 bridgehead atoms. The molecule has 5 nitrogen and oxygen atoms in total. The summed E-state index contributed by atoms with van der Waals surface area (Å²) in [7, 11) is 0. The maximum Gasteiger partial charge on any atom is 0.274 e. The molecule has 0 aliphatic carbocycles. The van der Waals surface area contributed by atoms with Crippen LogP contribution in [0.5, 0.6) is 0 Å². The molecule has 0 amide bonds. The molecule has 0 aromatic carbocycles. The zero-order valence-electron chi connectivity index (χ0n) is 10.8. The van der Waals surface area contributed by atoms with Crippen LogP contribution in [0.25, 0.3) is 5.65 Å². The molecular weight excluding hydrogens is 228 g/mol. The predicted octanol–water partition coefficient (Wildman–Crippen LogP) is 1.25. The Labute approximate surface area is 105 Å².